The summed E-state index contributed by atoms with van der Waals surface area (Å²) in [5, 5.41) is 2.90. The fourth-order valence-electron chi connectivity index (χ4n) is 3.31. The van der Waals surface area contributed by atoms with E-state index in [0.29, 0.717) is 6.54 Å². The van der Waals surface area contributed by atoms with Gasteiger partial charge in [0.1, 0.15) is 5.54 Å². The standard InChI is InChI=1S/C13H20N2O3/c16-11-13(6-2-3-7-13)14-12(17)15(11)9-10-5-1-4-8-18-10/h10H,1-9H2,(H,14,17)/t10-/m0/s1. The Morgan fingerprint density at radius 2 is 2.00 bits per heavy atom. The highest BCUT2D eigenvalue weighted by Gasteiger charge is 2.52. The van der Waals surface area contributed by atoms with Crippen LogP contribution in [0.2, 0.25) is 0 Å². The molecule has 18 heavy (non-hydrogen) atoms. The van der Waals surface area contributed by atoms with Gasteiger partial charge in [0.2, 0.25) is 0 Å². The topological polar surface area (TPSA) is 58.6 Å². The van der Waals surface area contributed by atoms with Crippen LogP contribution in [0.4, 0.5) is 4.79 Å². The maximum atomic E-state index is 12.4. The molecule has 2 saturated heterocycles. The molecule has 1 saturated carbocycles. The van der Waals surface area contributed by atoms with E-state index in [2.05, 4.69) is 5.32 Å². The largest absolute Gasteiger partial charge is 0.376 e. The van der Waals surface area contributed by atoms with Gasteiger partial charge in [-0.2, -0.15) is 0 Å². The summed E-state index contributed by atoms with van der Waals surface area (Å²) in [5.41, 5.74) is -0.578. The van der Waals surface area contributed by atoms with E-state index in [9.17, 15) is 9.59 Å². The summed E-state index contributed by atoms with van der Waals surface area (Å²) in [7, 11) is 0. The van der Waals surface area contributed by atoms with Crippen LogP contribution in [0.25, 0.3) is 0 Å². The number of imide groups is 1. The molecule has 3 amide bonds. The minimum absolute atomic E-state index is 0.0285. The van der Waals surface area contributed by atoms with Crippen molar-refractivity contribution in [3.8, 4) is 0 Å². The van der Waals surface area contributed by atoms with E-state index in [4.69, 9.17) is 4.74 Å². The molecule has 0 aromatic heterocycles. The molecule has 0 radical (unpaired) electrons. The number of rotatable bonds is 2. The second kappa shape index (κ2) is 4.53. The van der Waals surface area contributed by atoms with E-state index >= 15 is 0 Å². The van der Waals surface area contributed by atoms with Crippen molar-refractivity contribution >= 4 is 11.9 Å². The van der Waals surface area contributed by atoms with Crippen LogP contribution in [-0.2, 0) is 9.53 Å². The summed E-state index contributed by atoms with van der Waals surface area (Å²) < 4.78 is 5.61. The minimum atomic E-state index is -0.578. The maximum Gasteiger partial charge on any atom is 0.325 e. The van der Waals surface area contributed by atoms with Crippen molar-refractivity contribution in [1.82, 2.24) is 10.2 Å². The van der Waals surface area contributed by atoms with Gasteiger partial charge in [-0.1, -0.05) is 12.8 Å². The molecule has 3 aliphatic rings. The Labute approximate surface area is 107 Å². The third kappa shape index (κ3) is 1.90. The van der Waals surface area contributed by atoms with Gasteiger partial charge in [-0.25, -0.2) is 4.79 Å². The summed E-state index contributed by atoms with van der Waals surface area (Å²) in [6.07, 6.45) is 6.83. The van der Waals surface area contributed by atoms with Crippen LogP contribution in [0, 0.1) is 0 Å². The fourth-order valence-corrected chi connectivity index (χ4v) is 3.31. The molecule has 2 aliphatic heterocycles. The van der Waals surface area contributed by atoms with Crippen LogP contribution in [0.1, 0.15) is 44.9 Å². The Morgan fingerprint density at radius 3 is 2.67 bits per heavy atom. The number of urea groups is 1. The van der Waals surface area contributed by atoms with Crippen LogP contribution >= 0.6 is 0 Å². The maximum absolute atomic E-state index is 12.4. The van der Waals surface area contributed by atoms with E-state index in [1.807, 2.05) is 0 Å². The Kier molecular flexibility index (Phi) is 3.01. The van der Waals surface area contributed by atoms with Crippen molar-refractivity contribution in [3.63, 3.8) is 0 Å². The number of amides is 3. The highest BCUT2D eigenvalue weighted by molar-refractivity contribution is 6.07. The zero-order valence-electron chi connectivity index (χ0n) is 10.6. The molecule has 1 N–H and O–H groups in total. The highest BCUT2D eigenvalue weighted by Crippen LogP contribution is 2.35. The Balaban J connectivity index is 1.68. The van der Waals surface area contributed by atoms with Crippen molar-refractivity contribution in [3.05, 3.63) is 0 Å². The fraction of sp³-hybridized carbons (Fsp3) is 0.846. The second-order valence-corrected chi connectivity index (χ2v) is 5.62. The van der Waals surface area contributed by atoms with E-state index in [-0.39, 0.29) is 18.0 Å². The lowest BCUT2D eigenvalue weighted by Crippen LogP contribution is -2.45. The summed E-state index contributed by atoms with van der Waals surface area (Å²) in [6.45, 7) is 1.17. The smallest absolute Gasteiger partial charge is 0.325 e. The lowest BCUT2D eigenvalue weighted by Gasteiger charge is -2.26. The first-order valence-electron chi connectivity index (χ1n) is 6.97. The molecule has 100 valence electrons. The zero-order chi connectivity index (χ0) is 12.6. The molecule has 1 aliphatic carbocycles. The van der Waals surface area contributed by atoms with E-state index in [1.165, 1.54) is 4.90 Å². The molecular formula is C13H20N2O3. The van der Waals surface area contributed by atoms with Crippen molar-refractivity contribution < 1.29 is 14.3 Å². The van der Waals surface area contributed by atoms with Gasteiger partial charge in [-0.15, -0.1) is 0 Å². The molecule has 3 fully saturated rings. The monoisotopic (exact) mass is 252 g/mol. The van der Waals surface area contributed by atoms with Crippen LogP contribution in [0.15, 0.2) is 0 Å². The number of hydrogen-bond donors (Lipinski definition) is 1. The normalized spacial score (nSPS) is 31.1. The summed E-state index contributed by atoms with van der Waals surface area (Å²) >= 11 is 0. The van der Waals surface area contributed by atoms with Gasteiger partial charge in [-0.05, 0) is 32.1 Å². The van der Waals surface area contributed by atoms with Crippen molar-refractivity contribution in [2.24, 2.45) is 0 Å². The van der Waals surface area contributed by atoms with Crippen molar-refractivity contribution in [1.29, 1.82) is 0 Å². The minimum Gasteiger partial charge on any atom is -0.376 e. The SMILES string of the molecule is O=C1NC2(CCCC2)C(=O)N1C[C@@H]1CCCCO1. The van der Waals surface area contributed by atoms with Crippen LogP contribution < -0.4 is 5.32 Å². The first-order valence-corrected chi connectivity index (χ1v) is 6.97. The van der Waals surface area contributed by atoms with Crippen LogP contribution in [0.5, 0.6) is 0 Å². The predicted octanol–water partition coefficient (Wildman–Crippen LogP) is 1.42. The first-order chi connectivity index (χ1) is 8.71. The highest BCUT2D eigenvalue weighted by atomic mass is 16.5. The van der Waals surface area contributed by atoms with Crippen molar-refractivity contribution in [2.75, 3.05) is 13.2 Å². The Hall–Kier alpha value is -1.10. The lowest BCUT2D eigenvalue weighted by molar-refractivity contribution is -0.132. The van der Waals surface area contributed by atoms with Gasteiger partial charge >= 0.3 is 6.03 Å². The van der Waals surface area contributed by atoms with Crippen LogP contribution in [0.3, 0.4) is 0 Å². The average molecular weight is 252 g/mol. The van der Waals surface area contributed by atoms with Crippen molar-refractivity contribution in [2.45, 2.75) is 56.6 Å². The molecular weight excluding hydrogens is 232 g/mol. The third-order valence-corrected chi connectivity index (χ3v) is 4.36. The number of carbonyl (C=O) groups is 2. The molecule has 0 bridgehead atoms. The molecule has 1 atom stereocenters. The van der Waals surface area contributed by atoms with Gasteiger partial charge in [0.05, 0.1) is 12.6 Å². The molecule has 0 aromatic carbocycles. The number of nitrogens with zero attached hydrogens (tertiary/aromatic N) is 1. The molecule has 0 unspecified atom stereocenters. The third-order valence-electron chi connectivity index (χ3n) is 4.36. The Bertz CT molecular complexity index is 357. The van der Waals surface area contributed by atoms with Gasteiger partial charge in [0.25, 0.3) is 5.91 Å². The number of carbonyl (C=O) groups excluding carboxylic acids is 2. The van der Waals surface area contributed by atoms with E-state index in [1.54, 1.807) is 0 Å². The second-order valence-electron chi connectivity index (χ2n) is 5.62. The lowest BCUT2D eigenvalue weighted by atomic mass is 9.98. The van der Waals surface area contributed by atoms with Crippen LogP contribution in [-0.4, -0.2) is 41.6 Å². The molecule has 1 spiro atoms. The quantitative estimate of drug-likeness (QED) is 0.756. The van der Waals surface area contributed by atoms with E-state index < -0.39 is 5.54 Å². The molecule has 5 heteroatoms. The zero-order valence-corrected chi connectivity index (χ0v) is 10.6. The summed E-state index contributed by atoms with van der Waals surface area (Å²) in [4.78, 5) is 25.7. The van der Waals surface area contributed by atoms with E-state index in [0.717, 1.165) is 51.6 Å². The van der Waals surface area contributed by atoms with Gasteiger partial charge < -0.3 is 10.1 Å². The predicted molar refractivity (Wildman–Crippen MR) is 65.0 cm³/mol. The number of ether oxygens (including phenoxy) is 1. The molecule has 2 heterocycles. The number of hydrogen-bond acceptors (Lipinski definition) is 3. The first kappa shape index (κ1) is 12.0. The molecule has 5 nitrogen and oxygen atoms in total. The number of nitrogens with one attached hydrogen (secondary N) is 1. The average Bonchev–Trinajstić information content (AvgIpc) is 2.93. The molecule has 0 aromatic rings. The Morgan fingerprint density at radius 1 is 1.22 bits per heavy atom. The van der Waals surface area contributed by atoms with Gasteiger partial charge in [0, 0.05) is 6.61 Å². The van der Waals surface area contributed by atoms with Gasteiger partial charge in [-0.3, -0.25) is 9.69 Å². The van der Waals surface area contributed by atoms with Gasteiger partial charge in [0.15, 0.2) is 0 Å². The molecule has 3 rings (SSSR count). The summed E-state index contributed by atoms with van der Waals surface area (Å²) in [6, 6.07) is -0.226. The summed E-state index contributed by atoms with van der Waals surface area (Å²) in [5.74, 6) is -0.0285.